The Morgan fingerprint density at radius 1 is 1.40 bits per heavy atom. The maximum absolute atomic E-state index is 14.2. The molecular weight excluding hydrogens is 319 g/mol. The molecule has 1 aromatic carbocycles. The van der Waals surface area contributed by atoms with Crippen molar-refractivity contribution in [2.75, 3.05) is 29.4 Å². The molecule has 5 nitrogen and oxygen atoms in total. The molecule has 1 fully saturated rings. The van der Waals surface area contributed by atoms with Crippen molar-refractivity contribution in [2.45, 2.75) is 13.3 Å². The van der Waals surface area contributed by atoms with E-state index in [1.54, 1.807) is 29.4 Å². The number of amides is 1. The van der Waals surface area contributed by atoms with Crippen LogP contribution in [0.25, 0.3) is 0 Å². The number of anilines is 2. The minimum Gasteiger partial charge on any atom is -0.368 e. The average Bonchev–Trinajstić information content (AvgIpc) is 3.13. The van der Waals surface area contributed by atoms with Crippen LogP contribution < -0.4 is 9.80 Å². The molecule has 128 valence electrons. The SMILES string of the molecule is CCN(C(=O)[C@H]1CCN(c2ccc(C#N)cc2F)C1)c1ccncc1. The molecule has 1 aliphatic heterocycles. The van der Waals surface area contributed by atoms with E-state index in [2.05, 4.69) is 4.98 Å². The first kappa shape index (κ1) is 16.9. The largest absolute Gasteiger partial charge is 0.368 e. The summed E-state index contributed by atoms with van der Waals surface area (Å²) in [5, 5.41) is 8.84. The Hall–Kier alpha value is -2.94. The lowest BCUT2D eigenvalue weighted by atomic mass is 10.1. The monoisotopic (exact) mass is 338 g/mol. The first-order valence-electron chi connectivity index (χ1n) is 8.30. The number of carbonyl (C=O) groups is 1. The van der Waals surface area contributed by atoms with Gasteiger partial charge in [-0.15, -0.1) is 0 Å². The molecule has 6 heteroatoms. The number of benzene rings is 1. The Morgan fingerprint density at radius 3 is 2.80 bits per heavy atom. The van der Waals surface area contributed by atoms with Crippen LogP contribution in [0, 0.1) is 23.1 Å². The predicted molar refractivity (Wildman–Crippen MR) is 93.7 cm³/mol. The smallest absolute Gasteiger partial charge is 0.231 e. The number of rotatable bonds is 4. The lowest BCUT2D eigenvalue weighted by molar-refractivity contribution is -0.121. The molecule has 0 radical (unpaired) electrons. The van der Waals surface area contributed by atoms with Crippen molar-refractivity contribution in [3.8, 4) is 6.07 Å². The fourth-order valence-corrected chi connectivity index (χ4v) is 3.22. The molecule has 3 rings (SSSR count). The Balaban J connectivity index is 1.74. The molecule has 0 bridgehead atoms. The van der Waals surface area contributed by atoms with Crippen molar-refractivity contribution >= 4 is 17.3 Å². The van der Waals surface area contributed by atoms with E-state index in [4.69, 9.17) is 5.26 Å². The van der Waals surface area contributed by atoms with Crippen molar-refractivity contribution < 1.29 is 9.18 Å². The van der Waals surface area contributed by atoms with Gasteiger partial charge in [0.25, 0.3) is 0 Å². The van der Waals surface area contributed by atoms with Gasteiger partial charge in [0.15, 0.2) is 0 Å². The van der Waals surface area contributed by atoms with Crippen molar-refractivity contribution in [2.24, 2.45) is 5.92 Å². The van der Waals surface area contributed by atoms with Crippen molar-refractivity contribution in [1.29, 1.82) is 5.26 Å². The fourth-order valence-electron chi connectivity index (χ4n) is 3.22. The summed E-state index contributed by atoms with van der Waals surface area (Å²) >= 11 is 0. The topological polar surface area (TPSA) is 60.2 Å². The van der Waals surface area contributed by atoms with Gasteiger partial charge in [0.05, 0.1) is 23.2 Å². The van der Waals surface area contributed by atoms with E-state index in [0.29, 0.717) is 37.3 Å². The first-order chi connectivity index (χ1) is 12.1. The highest BCUT2D eigenvalue weighted by Gasteiger charge is 2.32. The van der Waals surface area contributed by atoms with Crippen LogP contribution in [0.5, 0.6) is 0 Å². The Labute approximate surface area is 146 Å². The zero-order valence-electron chi connectivity index (χ0n) is 14.0. The highest BCUT2D eigenvalue weighted by atomic mass is 19.1. The standard InChI is InChI=1S/C19H19FN4O/c1-2-24(16-5-8-22-9-6-16)19(25)15-7-10-23(13-15)18-4-3-14(12-21)11-17(18)20/h3-6,8-9,11,15H,2,7,10,13H2,1H3/t15-/m0/s1. The van der Waals surface area contributed by atoms with Gasteiger partial charge in [-0.25, -0.2) is 4.39 Å². The van der Waals surface area contributed by atoms with E-state index < -0.39 is 5.82 Å². The van der Waals surface area contributed by atoms with E-state index in [-0.39, 0.29) is 11.8 Å². The van der Waals surface area contributed by atoms with Crippen LogP contribution in [0.4, 0.5) is 15.8 Å². The molecule has 1 saturated heterocycles. The van der Waals surface area contributed by atoms with Gasteiger partial charge < -0.3 is 9.80 Å². The Bertz CT molecular complexity index is 803. The summed E-state index contributed by atoms with van der Waals surface area (Å²) in [7, 11) is 0. The Kier molecular flexibility index (Phi) is 4.94. The Morgan fingerprint density at radius 2 is 2.16 bits per heavy atom. The van der Waals surface area contributed by atoms with E-state index >= 15 is 0 Å². The second-order valence-corrected chi connectivity index (χ2v) is 6.00. The predicted octanol–water partition coefficient (Wildman–Crippen LogP) is 2.97. The normalized spacial score (nSPS) is 16.5. The maximum atomic E-state index is 14.2. The molecule has 2 heterocycles. The summed E-state index contributed by atoms with van der Waals surface area (Å²) in [6, 6.07) is 10.0. The van der Waals surface area contributed by atoms with Gasteiger partial charge in [-0.1, -0.05) is 0 Å². The molecule has 0 spiro atoms. The molecule has 1 amide bonds. The maximum Gasteiger partial charge on any atom is 0.231 e. The summed E-state index contributed by atoms with van der Waals surface area (Å²) in [5.41, 5.74) is 1.56. The third-order valence-corrected chi connectivity index (χ3v) is 4.51. The number of nitriles is 1. The van der Waals surface area contributed by atoms with Crippen LogP contribution in [0.15, 0.2) is 42.7 Å². The molecule has 0 unspecified atom stereocenters. The molecule has 25 heavy (non-hydrogen) atoms. The van der Waals surface area contributed by atoms with Gasteiger partial charge >= 0.3 is 0 Å². The highest BCUT2D eigenvalue weighted by Crippen LogP contribution is 2.29. The van der Waals surface area contributed by atoms with Crippen LogP contribution >= 0.6 is 0 Å². The van der Waals surface area contributed by atoms with Gasteiger partial charge in [-0.3, -0.25) is 9.78 Å². The molecule has 1 aliphatic rings. The number of pyridine rings is 1. The minimum atomic E-state index is -0.423. The van der Waals surface area contributed by atoms with E-state index in [0.717, 1.165) is 5.69 Å². The summed E-state index contributed by atoms with van der Waals surface area (Å²) in [5.74, 6) is -0.554. The minimum absolute atomic E-state index is 0.0465. The third kappa shape index (κ3) is 3.45. The van der Waals surface area contributed by atoms with Crippen molar-refractivity contribution in [3.63, 3.8) is 0 Å². The number of nitrogens with zero attached hydrogens (tertiary/aromatic N) is 4. The fraction of sp³-hybridized carbons (Fsp3) is 0.316. The lowest BCUT2D eigenvalue weighted by Crippen LogP contribution is -2.37. The lowest BCUT2D eigenvalue weighted by Gasteiger charge is -2.25. The summed E-state index contributed by atoms with van der Waals surface area (Å²) < 4.78 is 14.2. The van der Waals surface area contributed by atoms with Gasteiger partial charge in [-0.2, -0.15) is 5.26 Å². The summed E-state index contributed by atoms with van der Waals surface area (Å²) in [6.45, 7) is 3.60. The molecule has 0 aliphatic carbocycles. The number of carbonyl (C=O) groups excluding carboxylic acids is 1. The summed E-state index contributed by atoms with van der Waals surface area (Å²) in [6.07, 6.45) is 4.01. The van der Waals surface area contributed by atoms with E-state index in [9.17, 15) is 9.18 Å². The van der Waals surface area contributed by atoms with Gasteiger partial charge in [-0.05, 0) is 43.7 Å². The molecule has 0 N–H and O–H groups in total. The number of aromatic nitrogens is 1. The summed E-state index contributed by atoms with van der Waals surface area (Å²) in [4.78, 5) is 20.5. The van der Waals surface area contributed by atoms with Crippen LogP contribution in [0.3, 0.4) is 0 Å². The molecular formula is C19H19FN4O. The molecule has 1 atom stereocenters. The van der Waals surface area contributed by atoms with Crippen molar-refractivity contribution in [3.05, 3.63) is 54.1 Å². The van der Waals surface area contributed by atoms with Crippen LogP contribution in [-0.2, 0) is 4.79 Å². The number of hydrogen-bond donors (Lipinski definition) is 0. The zero-order valence-corrected chi connectivity index (χ0v) is 14.0. The molecule has 2 aromatic rings. The number of hydrogen-bond acceptors (Lipinski definition) is 4. The van der Waals surface area contributed by atoms with E-state index in [1.807, 2.05) is 30.0 Å². The average molecular weight is 338 g/mol. The number of halogens is 1. The first-order valence-corrected chi connectivity index (χ1v) is 8.30. The molecule has 0 saturated carbocycles. The van der Waals surface area contributed by atoms with Gasteiger partial charge in [0.1, 0.15) is 5.82 Å². The second-order valence-electron chi connectivity index (χ2n) is 6.00. The van der Waals surface area contributed by atoms with E-state index in [1.165, 1.54) is 6.07 Å². The zero-order chi connectivity index (χ0) is 17.8. The van der Waals surface area contributed by atoms with Crippen molar-refractivity contribution in [1.82, 2.24) is 4.98 Å². The van der Waals surface area contributed by atoms with Gasteiger partial charge in [0.2, 0.25) is 5.91 Å². The quantitative estimate of drug-likeness (QED) is 0.860. The van der Waals surface area contributed by atoms with Crippen LogP contribution in [0.2, 0.25) is 0 Å². The third-order valence-electron chi connectivity index (χ3n) is 4.51. The van der Waals surface area contributed by atoms with Crippen LogP contribution in [0.1, 0.15) is 18.9 Å². The highest BCUT2D eigenvalue weighted by molar-refractivity contribution is 5.95. The van der Waals surface area contributed by atoms with Crippen LogP contribution in [-0.4, -0.2) is 30.5 Å². The molecule has 1 aromatic heterocycles. The van der Waals surface area contributed by atoms with Gasteiger partial charge in [0, 0.05) is 37.7 Å². The second kappa shape index (κ2) is 7.31.